The Labute approximate surface area is 160 Å². The molecule has 0 saturated carbocycles. The van der Waals surface area contributed by atoms with E-state index in [9.17, 15) is 9.59 Å². The van der Waals surface area contributed by atoms with E-state index in [1.807, 2.05) is 49.1 Å². The molecule has 0 atom stereocenters. The smallest absolute Gasteiger partial charge is 0.227 e. The number of hydrogen-bond donors (Lipinski definition) is 1. The zero-order valence-electron chi connectivity index (χ0n) is 16.2. The number of aryl methyl sites for hydroxylation is 3. The molecule has 3 rings (SSSR count). The SMILES string of the molecule is COc1ccc(CCC(=O)Nc2ccc(N3CCCC3=O)c(C)c2)cc1C. The summed E-state index contributed by atoms with van der Waals surface area (Å²) in [6.07, 6.45) is 2.61. The van der Waals surface area contributed by atoms with Crippen molar-refractivity contribution in [3.05, 3.63) is 53.1 Å². The lowest BCUT2D eigenvalue weighted by Crippen LogP contribution is -2.24. The number of nitrogens with one attached hydrogen (secondary N) is 1. The van der Waals surface area contributed by atoms with E-state index < -0.39 is 0 Å². The van der Waals surface area contributed by atoms with Gasteiger partial charge in [0.25, 0.3) is 0 Å². The maximum Gasteiger partial charge on any atom is 0.227 e. The van der Waals surface area contributed by atoms with E-state index >= 15 is 0 Å². The van der Waals surface area contributed by atoms with Gasteiger partial charge >= 0.3 is 0 Å². The van der Waals surface area contributed by atoms with Gasteiger partial charge in [-0.15, -0.1) is 0 Å². The molecule has 0 spiro atoms. The number of hydrogen-bond acceptors (Lipinski definition) is 3. The molecule has 1 N–H and O–H groups in total. The Morgan fingerprint density at radius 3 is 2.59 bits per heavy atom. The molecule has 5 nitrogen and oxygen atoms in total. The molecular formula is C22H26N2O3. The molecule has 0 bridgehead atoms. The third kappa shape index (κ3) is 4.48. The van der Waals surface area contributed by atoms with E-state index in [2.05, 4.69) is 11.4 Å². The highest BCUT2D eigenvalue weighted by Crippen LogP contribution is 2.27. The standard InChI is InChI=1S/C22H26N2O3/c1-15-14-18(8-9-19(15)24-12-4-5-22(24)26)23-21(25)11-7-17-6-10-20(27-3)16(2)13-17/h6,8-10,13-14H,4-5,7,11-12H2,1-3H3,(H,23,25). The van der Waals surface area contributed by atoms with E-state index in [0.717, 1.165) is 46.8 Å². The minimum atomic E-state index is -0.0205. The highest BCUT2D eigenvalue weighted by molar-refractivity contribution is 5.97. The van der Waals surface area contributed by atoms with Crippen LogP contribution in [-0.4, -0.2) is 25.5 Å². The number of methoxy groups -OCH3 is 1. The third-order valence-electron chi connectivity index (χ3n) is 4.94. The molecule has 1 heterocycles. The fraction of sp³-hybridized carbons (Fsp3) is 0.364. The number of benzene rings is 2. The van der Waals surface area contributed by atoms with Gasteiger partial charge < -0.3 is 15.0 Å². The van der Waals surface area contributed by atoms with Crippen molar-refractivity contribution in [3.8, 4) is 5.75 Å². The molecule has 5 heteroatoms. The zero-order chi connectivity index (χ0) is 19.4. The minimum absolute atomic E-state index is 0.0205. The number of amides is 2. The molecule has 2 amide bonds. The van der Waals surface area contributed by atoms with Gasteiger partial charge in [-0.3, -0.25) is 9.59 Å². The summed E-state index contributed by atoms with van der Waals surface area (Å²) in [5.74, 6) is 1.01. The van der Waals surface area contributed by atoms with Crippen LogP contribution in [0.5, 0.6) is 5.75 Å². The molecular weight excluding hydrogens is 340 g/mol. The summed E-state index contributed by atoms with van der Waals surface area (Å²) in [6, 6.07) is 11.7. The van der Waals surface area contributed by atoms with E-state index in [4.69, 9.17) is 4.74 Å². The van der Waals surface area contributed by atoms with Crippen molar-refractivity contribution in [3.63, 3.8) is 0 Å². The number of ether oxygens (including phenoxy) is 1. The first-order chi connectivity index (χ1) is 13.0. The van der Waals surface area contributed by atoms with Crippen LogP contribution in [0.2, 0.25) is 0 Å². The van der Waals surface area contributed by atoms with Crippen molar-refractivity contribution in [2.45, 2.75) is 39.5 Å². The molecule has 1 aliphatic rings. The lowest BCUT2D eigenvalue weighted by molar-refractivity contribution is -0.117. The third-order valence-corrected chi connectivity index (χ3v) is 4.94. The van der Waals surface area contributed by atoms with Gasteiger partial charge in [-0.05, 0) is 67.6 Å². The second-order valence-corrected chi connectivity index (χ2v) is 7.00. The average molecular weight is 366 g/mol. The average Bonchev–Trinajstić information content (AvgIpc) is 3.06. The van der Waals surface area contributed by atoms with Crippen LogP contribution in [0.4, 0.5) is 11.4 Å². The quantitative estimate of drug-likeness (QED) is 0.840. The number of nitrogens with zero attached hydrogens (tertiary/aromatic N) is 1. The Kier molecular flexibility index (Phi) is 5.79. The number of rotatable bonds is 6. The first kappa shape index (κ1) is 19.0. The van der Waals surface area contributed by atoms with Crippen molar-refractivity contribution in [1.82, 2.24) is 0 Å². The van der Waals surface area contributed by atoms with Crippen molar-refractivity contribution >= 4 is 23.2 Å². The molecule has 2 aromatic rings. The molecule has 1 fully saturated rings. The van der Waals surface area contributed by atoms with Crippen LogP contribution in [0.15, 0.2) is 36.4 Å². The molecule has 0 aliphatic carbocycles. The van der Waals surface area contributed by atoms with Crippen LogP contribution in [-0.2, 0) is 16.0 Å². The van der Waals surface area contributed by atoms with Crippen LogP contribution in [0.25, 0.3) is 0 Å². The Balaban J connectivity index is 1.58. The summed E-state index contributed by atoms with van der Waals surface area (Å²) in [5, 5.41) is 2.95. The predicted octanol–water partition coefficient (Wildman–Crippen LogP) is 4.01. The van der Waals surface area contributed by atoms with E-state index in [-0.39, 0.29) is 11.8 Å². The lowest BCUT2D eigenvalue weighted by atomic mass is 10.1. The van der Waals surface area contributed by atoms with Crippen molar-refractivity contribution in [2.24, 2.45) is 0 Å². The normalized spacial score (nSPS) is 13.7. The van der Waals surface area contributed by atoms with Crippen molar-refractivity contribution in [1.29, 1.82) is 0 Å². The van der Waals surface area contributed by atoms with Crippen molar-refractivity contribution < 1.29 is 14.3 Å². The molecule has 1 saturated heterocycles. The summed E-state index contributed by atoms with van der Waals surface area (Å²) >= 11 is 0. The Morgan fingerprint density at radius 2 is 1.96 bits per heavy atom. The van der Waals surface area contributed by atoms with Gasteiger partial charge in [0.05, 0.1) is 7.11 Å². The fourth-order valence-corrected chi connectivity index (χ4v) is 3.52. The van der Waals surface area contributed by atoms with Crippen LogP contribution in [0, 0.1) is 13.8 Å². The summed E-state index contributed by atoms with van der Waals surface area (Å²) in [7, 11) is 1.66. The summed E-state index contributed by atoms with van der Waals surface area (Å²) in [6.45, 7) is 4.74. The molecule has 0 radical (unpaired) electrons. The molecule has 27 heavy (non-hydrogen) atoms. The van der Waals surface area contributed by atoms with E-state index in [1.165, 1.54) is 0 Å². The second-order valence-electron chi connectivity index (χ2n) is 7.00. The molecule has 2 aromatic carbocycles. The van der Waals surface area contributed by atoms with Gasteiger partial charge in [0.2, 0.25) is 11.8 Å². The Morgan fingerprint density at radius 1 is 1.15 bits per heavy atom. The van der Waals surface area contributed by atoms with E-state index in [1.54, 1.807) is 7.11 Å². The maximum atomic E-state index is 12.3. The highest BCUT2D eigenvalue weighted by atomic mass is 16.5. The van der Waals surface area contributed by atoms with Crippen LogP contribution >= 0.6 is 0 Å². The largest absolute Gasteiger partial charge is 0.496 e. The minimum Gasteiger partial charge on any atom is -0.496 e. The monoisotopic (exact) mass is 366 g/mol. The number of carbonyl (C=O) groups is 2. The number of carbonyl (C=O) groups excluding carboxylic acids is 2. The van der Waals surface area contributed by atoms with Crippen molar-refractivity contribution in [2.75, 3.05) is 23.9 Å². The van der Waals surface area contributed by atoms with Crippen LogP contribution in [0.1, 0.15) is 36.0 Å². The molecule has 1 aliphatic heterocycles. The van der Waals surface area contributed by atoms with E-state index in [0.29, 0.717) is 19.3 Å². The van der Waals surface area contributed by atoms with Crippen LogP contribution in [0.3, 0.4) is 0 Å². The molecule has 0 unspecified atom stereocenters. The number of anilines is 2. The lowest BCUT2D eigenvalue weighted by Gasteiger charge is -2.19. The summed E-state index contributed by atoms with van der Waals surface area (Å²) in [5.41, 5.74) is 4.87. The maximum absolute atomic E-state index is 12.3. The van der Waals surface area contributed by atoms with Crippen LogP contribution < -0.4 is 15.0 Å². The topological polar surface area (TPSA) is 58.6 Å². The second kappa shape index (κ2) is 8.25. The van der Waals surface area contributed by atoms with Gasteiger partial charge in [0.1, 0.15) is 5.75 Å². The predicted molar refractivity (Wildman–Crippen MR) is 107 cm³/mol. The first-order valence-electron chi connectivity index (χ1n) is 9.32. The van der Waals surface area contributed by atoms with Gasteiger partial charge in [0.15, 0.2) is 0 Å². The van der Waals surface area contributed by atoms with Gasteiger partial charge in [-0.2, -0.15) is 0 Å². The molecule has 0 aromatic heterocycles. The van der Waals surface area contributed by atoms with Gasteiger partial charge in [-0.25, -0.2) is 0 Å². The fourth-order valence-electron chi connectivity index (χ4n) is 3.52. The first-order valence-corrected chi connectivity index (χ1v) is 9.32. The summed E-state index contributed by atoms with van der Waals surface area (Å²) in [4.78, 5) is 26.0. The highest BCUT2D eigenvalue weighted by Gasteiger charge is 2.23. The van der Waals surface area contributed by atoms with Gasteiger partial charge in [0, 0.05) is 30.8 Å². The Bertz CT molecular complexity index is 861. The summed E-state index contributed by atoms with van der Waals surface area (Å²) < 4.78 is 5.27. The van der Waals surface area contributed by atoms with Gasteiger partial charge in [-0.1, -0.05) is 12.1 Å². The Hall–Kier alpha value is -2.82. The molecule has 142 valence electrons. The zero-order valence-corrected chi connectivity index (χ0v) is 16.2.